The lowest BCUT2D eigenvalue weighted by atomic mass is 10.2. The van der Waals surface area contributed by atoms with E-state index < -0.39 is 0 Å². The average Bonchev–Trinajstić information content (AvgIpc) is 3.72. The maximum atomic E-state index is 13.0. The first kappa shape index (κ1) is 20.5. The van der Waals surface area contributed by atoms with Crippen molar-refractivity contribution in [3.8, 4) is 16.9 Å². The zero-order valence-electron chi connectivity index (χ0n) is 18.3. The Bertz CT molecular complexity index is 1130. The molecular formula is C26H28N4O2. The fourth-order valence-electron chi connectivity index (χ4n) is 3.96. The van der Waals surface area contributed by atoms with Crippen LogP contribution in [-0.2, 0) is 9.59 Å². The summed E-state index contributed by atoms with van der Waals surface area (Å²) in [5.74, 6) is 1.03. The normalized spacial score (nSPS) is 15.4. The number of nitrogens with one attached hydrogen (secondary N) is 1. The van der Waals surface area contributed by atoms with E-state index in [4.69, 9.17) is 4.98 Å². The Kier molecular flexibility index (Phi) is 5.52. The van der Waals surface area contributed by atoms with Gasteiger partial charge in [-0.15, -0.1) is 0 Å². The van der Waals surface area contributed by atoms with Crippen LogP contribution in [0.5, 0.6) is 0 Å². The molecule has 1 N–H and O–H groups in total. The van der Waals surface area contributed by atoms with Gasteiger partial charge in [0.05, 0.1) is 12.2 Å². The number of carbonyl (C=O) groups excluding carboxylic acids is 2. The molecule has 5 rings (SSSR count). The molecule has 0 atom stereocenters. The molecule has 2 aliphatic rings. The van der Waals surface area contributed by atoms with E-state index in [9.17, 15) is 9.59 Å². The van der Waals surface area contributed by atoms with E-state index in [1.807, 2.05) is 66.2 Å². The highest BCUT2D eigenvalue weighted by Crippen LogP contribution is 2.34. The number of amides is 2. The van der Waals surface area contributed by atoms with Gasteiger partial charge in [-0.2, -0.15) is 0 Å². The van der Waals surface area contributed by atoms with Crippen molar-refractivity contribution in [1.29, 1.82) is 0 Å². The summed E-state index contributed by atoms with van der Waals surface area (Å²) >= 11 is 0. The molecule has 6 heteroatoms. The lowest BCUT2D eigenvalue weighted by Gasteiger charge is -2.22. The molecule has 0 spiro atoms. The van der Waals surface area contributed by atoms with Gasteiger partial charge < -0.3 is 4.90 Å². The number of nitrogens with zero attached hydrogens (tertiary/aromatic N) is 3. The second-order valence-electron chi connectivity index (χ2n) is 9.01. The molecule has 0 unspecified atom stereocenters. The molecule has 32 heavy (non-hydrogen) atoms. The zero-order chi connectivity index (χ0) is 22.1. The summed E-state index contributed by atoms with van der Waals surface area (Å²) in [6, 6.07) is 18.0. The lowest BCUT2D eigenvalue weighted by molar-refractivity contribution is -0.136. The molecule has 2 aliphatic carbocycles. The number of benzene rings is 2. The topological polar surface area (TPSA) is 67.2 Å². The van der Waals surface area contributed by atoms with Crippen molar-refractivity contribution in [2.45, 2.75) is 32.6 Å². The van der Waals surface area contributed by atoms with Crippen LogP contribution in [0.15, 0.2) is 60.8 Å². The van der Waals surface area contributed by atoms with Crippen LogP contribution in [0.4, 0.5) is 5.95 Å². The second-order valence-corrected chi connectivity index (χ2v) is 9.01. The second kappa shape index (κ2) is 8.61. The number of hydrogen-bond donors (Lipinski definition) is 1. The van der Waals surface area contributed by atoms with Crippen molar-refractivity contribution >= 4 is 17.8 Å². The van der Waals surface area contributed by atoms with Gasteiger partial charge in [-0.1, -0.05) is 42.5 Å². The minimum atomic E-state index is -0.209. The van der Waals surface area contributed by atoms with Gasteiger partial charge in [-0.05, 0) is 56.2 Å². The van der Waals surface area contributed by atoms with Crippen LogP contribution in [0, 0.1) is 18.8 Å². The summed E-state index contributed by atoms with van der Waals surface area (Å²) in [6.07, 6.45) is 6.12. The number of hydrogen-bond acceptors (Lipinski definition) is 3. The van der Waals surface area contributed by atoms with Crippen molar-refractivity contribution < 1.29 is 9.59 Å². The molecule has 0 bridgehead atoms. The number of carbonyl (C=O) groups is 2. The summed E-state index contributed by atoms with van der Waals surface area (Å²) in [4.78, 5) is 32.2. The third kappa shape index (κ3) is 4.74. The van der Waals surface area contributed by atoms with Crippen LogP contribution >= 0.6 is 0 Å². The molecule has 1 heterocycles. The van der Waals surface area contributed by atoms with Crippen LogP contribution in [0.3, 0.4) is 0 Å². The molecule has 0 radical (unpaired) electrons. The third-order valence-corrected chi connectivity index (χ3v) is 6.05. The maximum Gasteiger partial charge on any atom is 0.246 e. The van der Waals surface area contributed by atoms with Gasteiger partial charge in [-0.25, -0.2) is 4.98 Å². The molecule has 3 aromatic rings. The van der Waals surface area contributed by atoms with Crippen molar-refractivity contribution in [2.75, 3.05) is 18.4 Å². The summed E-state index contributed by atoms with van der Waals surface area (Å²) in [6.45, 7) is 2.80. The van der Waals surface area contributed by atoms with Crippen LogP contribution in [0.1, 0.15) is 31.2 Å². The minimum absolute atomic E-state index is 0.0766. The number of rotatable bonds is 8. The van der Waals surface area contributed by atoms with Crippen molar-refractivity contribution in [3.63, 3.8) is 0 Å². The Labute approximate surface area is 188 Å². The van der Waals surface area contributed by atoms with Crippen molar-refractivity contribution in [2.24, 2.45) is 11.8 Å². The first-order valence-corrected chi connectivity index (χ1v) is 11.4. The van der Waals surface area contributed by atoms with E-state index in [1.54, 1.807) is 4.90 Å². The molecule has 0 aliphatic heterocycles. The molecule has 2 saturated carbocycles. The molecule has 6 nitrogen and oxygen atoms in total. The standard InChI is InChI=1S/C26H28N4O2/c1-18-6-5-9-22(14-18)30-16-23(20-7-3-2-4-8-20)27-26(30)28-24(31)17-29(15-19-10-11-19)25(32)21-12-13-21/h2-9,14,16,19,21H,10-13,15,17H2,1H3,(H,27,28,31). The van der Waals surface area contributed by atoms with Crippen molar-refractivity contribution in [1.82, 2.24) is 14.5 Å². The Morgan fingerprint density at radius 1 is 1.06 bits per heavy atom. The van der Waals surface area contributed by atoms with Crippen LogP contribution < -0.4 is 5.32 Å². The van der Waals surface area contributed by atoms with Crippen LogP contribution in [0.2, 0.25) is 0 Å². The lowest BCUT2D eigenvalue weighted by Crippen LogP contribution is -2.40. The van der Waals surface area contributed by atoms with E-state index in [0.717, 1.165) is 48.2 Å². The zero-order valence-corrected chi connectivity index (χ0v) is 18.3. The first-order chi connectivity index (χ1) is 15.6. The summed E-state index contributed by atoms with van der Waals surface area (Å²) in [5, 5.41) is 2.98. The Hall–Kier alpha value is -3.41. The first-order valence-electron chi connectivity index (χ1n) is 11.4. The molecule has 2 fully saturated rings. The fourth-order valence-corrected chi connectivity index (χ4v) is 3.96. The van der Waals surface area contributed by atoms with E-state index >= 15 is 0 Å². The van der Waals surface area contributed by atoms with Gasteiger partial charge in [0.2, 0.25) is 17.8 Å². The summed E-state index contributed by atoms with van der Waals surface area (Å²) in [5.41, 5.74) is 3.82. The quantitative estimate of drug-likeness (QED) is 0.577. The highest BCUT2D eigenvalue weighted by molar-refractivity contribution is 5.94. The SMILES string of the molecule is Cc1cccc(-n2cc(-c3ccccc3)nc2NC(=O)CN(CC2CC2)C(=O)C2CC2)c1. The molecule has 1 aromatic heterocycles. The number of imidazole rings is 1. The largest absolute Gasteiger partial charge is 0.333 e. The Balaban J connectivity index is 1.40. The maximum absolute atomic E-state index is 13.0. The van der Waals surface area contributed by atoms with E-state index in [0.29, 0.717) is 18.4 Å². The van der Waals surface area contributed by atoms with Crippen LogP contribution in [-0.4, -0.2) is 39.4 Å². The third-order valence-electron chi connectivity index (χ3n) is 6.05. The minimum Gasteiger partial charge on any atom is -0.333 e. The van der Waals surface area contributed by atoms with E-state index in [2.05, 4.69) is 11.4 Å². The smallest absolute Gasteiger partial charge is 0.246 e. The predicted octanol–water partition coefficient (Wildman–Crippen LogP) is 4.43. The fraction of sp³-hybridized carbons (Fsp3) is 0.346. The molecule has 0 saturated heterocycles. The predicted molar refractivity (Wildman–Crippen MR) is 124 cm³/mol. The molecular weight excluding hydrogens is 400 g/mol. The average molecular weight is 429 g/mol. The van der Waals surface area contributed by atoms with Gasteiger partial charge in [0, 0.05) is 29.9 Å². The monoisotopic (exact) mass is 428 g/mol. The summed E-state index contributed by atoms with van der Waals surface area (Å²) in [7, 11) is 0. The van der Waals surface area contributed by atoms with Gasteiger partial charge in [0.25, 0.3) is 0 Å². The highest BCUT2D eigenvalue weighted by Gasteiger charge is 2.36. The summed E-state index contributed by atoms with van der Waals surface area (Å²) < 4.78 is 1.90. The number of aromatic nitrogens is 2. The molecule has 2 aromatic carbocycles. The number of aryl methyl sites for hydroxylation is 1. The molecule has 164 valence electrons. The highest BCUT2D eigenvalue weighted by atomic mass is 16.2. The Morgan fingerprint density at radius 2 is 1.84 bits per heavy atom. The number of anilines is 1. The van der Waals surface area contributed by atoms with E-state index in [1.165, 1.54) is 0 Å². The van der Waals surface area contributed by atoms with Gasteiger partial charge in [0.1, 0.15) is 0 Å². The Morgan fingerprint density at radius 3 is 2.53 bits per heavy atom. The van der Waals surface area contributed by atoms with Gasteiger partial charge in [-0.3, -0.25) is 19.5 Å². The van der Waals surface area contributed by atoms with Gasteiger partial charge in [0.15, 0.2) is 0 Å². The van der Waals surface area contributed by atoms with E-state index in [-0.39, 0.29) is 24.3 Å². The molecule has 2 amide bonds. The van der Waals surface area contributed by atoms with Crippen LogP contribution in [0.25, 0.3) is 16.9 Å². The van der Waals surface area contributed by atoms with Crippen molar-refractivity contribution in [3.05, 3.63) is 66.4 Å². The van der Waals surface area contributed by atoms with Gasteiger partial charge >= 0.3 is 0 Å².